The number of ether oxygens (including phenoxy) is 1. The molecule has 0 atom stereocenters. The number of para-hydroxylation sites is 1. The highest BCUT2D eigenvalue weighted by Crippen LogP contribution is 2.39. The van der Waals surface area contributed by atoms with Gasteiger partial charge in [0.1, 0.15) is 17.9 Å². The third-order valence-electron chi connectivity index (χ3n) is 7.13. The maximum Gasteiger partial charge on any atom is 0.247 e. The van der Waals surface area contributed by atoms with Gasteiger partial charge in [0.2, 0.25) is 5.91 Å². The summed E-state index contributed by atoms with van der Waals surface area (Å²) in [6.45, 7) is 9.28. The molecule has 208 valence electrons. The molecule has 0 bridgehead atoms. The number of aromatic amines is 1. The van der Waals surface area contributed by atoms with Gasteiger partial charge in [-0.3, -0.25) is 9.69 Å². The number of aromatic nitrogens is 3. The summed E-state index contributed by atoms with van der Waals surface area (Å²) in [7, 11) is 5.83. The lowest BCUT2D eigenvalue weighted by atomic mass is 10.1. The van der Waals surface area contributed by atoms with E-state index in [0.717, 1.165) is 67.1 Å². The zero-order valence-electron chi connectivity index (χ0n) is 23.3. The van der Waals surface area contributed by atoms with Gasteiger partial charge in [-0.05, 0) is 32.3 Å². The molecule has 0 spiro atoms. The van der Waals surface area contributed by atoms with Crippen LogP contribution in [0.4, 0.5) is 22.9 Å². The monoisotopic (exact) mass is 540 g/mol. The van der Waals surface area contributed by atoms with Crippen molar-refractivity contribution in [2.75, 3.05) is 76.0 Å². The van der Waals surface area contributed by atoms with E-state index < -0.39 is 0 Å². The van der Waals surface area contributed by atoms with Crippen LogP contribution in [0.25, 0.3) is 22.2 Å². The summed E-state index contributed by atoms with van der Waals surface area (Å²) in [6, 6.07) is 13.9. The lowest BCUT2D eigenvalue weighted by molar-refractivity contribution is -0.111. The van der Waals surface area contributed by atoms with E-state index in [9.17, 15) is 4.79 Å². The van der Waals surface area contributed by atoms with Crippen LogP contribution in [-0.4, -0.2) is 91.1 Å². The summed E-state index contributed by atoms with van der Waals surface area (Å²) < 4.78 is 5.80. The lowest BCUT2D eigenvalue weighted by Gasteiger charge is -2.37. The minimum absolute atomic E-state index is 0.273. The van der Waals surface area contributed by atoms with E-state index in [-0.39, 0.29) is 5.91 Å². The Bertz CT molecular complexity index is 1490. The lowest BCUT2D eigenvalue weighted by Crippen LogP contribution is -2.48. The smallest absolute Gasteiger partial charge is 0.247 e. The van der Waals surface area contributed by atoms with Crippen LogP contribution in [0.3, 0.4) is 0 Å². The average molecular weight is 541 g/mol. The van der Waals surface area contributed by atoms with E-state index in [1.165, 1.54) is 12.4 Å². The number of hydrogen-bond acceptors (Lipinski definition) is 8. The first-order valence-electron chi connectivity index (χ1n) is 13.4. The van der Waals surface area contributed by atoms with Crippen LogP contribution < -0.4 is 20.3 Å². The number of benzene rings is 2. The minimum atomic E-state index is -0.273. The molecule has 3 heterocycles. The molecule has 0 saturated carbocycles. The van der Waals surface area contributed by atoms with Crippen LogP contribution >= 0.6 is 0 Å². The summed E-state index contributed by atoms with van der Waals surface area (Å²) in [5.74, 6) is 0.983. The number of piperazine rings is 1. The minimum Gasteiger partial charge on any atom is -0.494 e. The van der Waals surface area contributed by atoms with Gasteiger partial charge in [0, 0.05) is 74.1 Å². The first-order valence-corrected chi connectivity index (χ1v) is 13.4. The molecule has 2 aromatic carbocycles. The van der Waals surface area contributed by atoms with Crippen molar-refractivity contribution in [2.45, 2.75) is 0 Å². The van der Waals surface area contributed by atoms with E-state index in [4.69, 9.17) is 4.74 Å². The first kappa shape index (κ1) is 27.2. The molecule has 1 fully saturated rings. The molecule has 10 nitrogen and oxygen atoms in total. The average Bonchev–Trinajstić information content (AvgIpc) is 3.41. The molecule has 4 aromatic rings. The highest BCUT2D eigenvalue weighted by molar-refractivity contribution is 6.02. The molecule has 0 radical (unpaired) electrons. The topological polar surface area (TPSA) is 102 Å². The second-order valence-electron chi connectivity index (χ2n) is 10.1. The highest BCUT2D eigenvalue weighted by atomic mass is 16.5. The van der Waals surface area contributed by atoms with Crippen LogP contribution in [0, 0.1) is 0 Å². The number of hydrogen-bond donors (Lipinski definition) is 3. The summed E-state index contributed by atoms with van der Waals surface area (Å²) in [5.41, 5.74) is 5.10. The number of carbonyl (C=O) groups excluding carboxylic acids is 1. The molecular formula is C30H36N8O2. The number of nitrogens with one attached hydrogen (secondary N) is 3. The van der Waals surface area contributed by atoms with Crippen molar-refractivity contribution in [2.24, 2.45) is 0 Å². The van der Waals surface area contributed by atoms with Gasteiger partial charge in [-0.25, -0.2) is 9.97 Å². The number of amides is 1. The number of rotatable bonds is 10. The third kappa shape index (κ3) is 6.08. The van der Waals surface area contributed by atoms with Crippen LogP contribution in [0.5, 0.6) is 5.75 Å². The largest absolute Gasteiger partial charge is 0.494 e. The Labute approximate surface area is 234 Å². The van der Waals surface area contributed by atoms with Crippen molar-refractivity contribution in [3.63, 3.8) is 0 Å². The quantitative estimate of drug-likeness (QED) is 0.258. The van der Waals surface area contributed by atoms with Crippen molar-refractivity contribution in [3.8, 4) is 17.0 Å². The Morgan fingerprint density at radius 2 is 1.93 bits per heavy atom. The number of H-pyrrole nitrogens is 1. The summed E-state index contributed by atoms with van der Waals surface area (Å²) in [6.07, 6.45) is 4.77. The van der Waals surface area contributed by atoms with E-state index >= 15 is 0 Å². The molecule has 5 rings (SSSR count). The fourth-order valence-electron chi connectivity index (χ4n) is 4.93. The highest BCUT2D eigenvalue weighted by Gasteiger charge is 2.22. The Morgan fingerprint density at radius 1 is 1.12 bits per heavy atom. The van der Waals surface area contributed by atoms with Gasteiger partial charge in [-0.15, -0.1) is 0 Å². The SMILES string of the molecule is C=CC(=O)Nc1cc(Nc2cc(-c3c[nH]c4ccccc34)ncn2)c(OC)cc1N1CCN(CCN(C)C)CC1. The molecule has 1 aliphatic rings. The predicted octanol–water partition coefficient (Wildman–Crippen LogP) is 4.19. The van der Waals surface area contributed by atoms with Gasteiger partial charge in [-0.1, -0.05) is 24.8 Å². The van der Waals surface area contributed by atoms with Crippen LogP contribution in [0.2, 0.25) is 0 Å². The maximum absolute atomic E-state index is 12.4. The summed E-state index contributed by atoms with van der Waals surface area (Å²) in [5, 5.41) is 7.45. The standard InChI is InChI=1S/C30H36N8O2/c1-5-30(39)35-25-16-26(28(40-4)18-27(25)38-14-12-37(13-15-38)11-10-36(2)3)34-29-17-24(32-20-33-29)22-19-31-23-9-7-6-8-21(22)23/h5-9,16-20,31H,1,10-15H2,2-4H3,(H,35,39)(H,32,33,34). The van der Waals surface area contributed by atoms with Crippen LogP contribution in [-0.2, 0) is 4.79 Å². The number of fused-ring (bicyclic) bond motifs is 1. The summed E-state index contributed by atoms with van der Waals surface area (Å²) in [4.78, 5) is 31.6. The Balaban J connectivity index is 1.42. The summed E-state index contributed by atoms with van der Waals surface area (Å²) >= 11 is 0. The molecule has 1 saturated heterocycles. The normalized spacial score (nSPS) is 13.9. The van der Waals surface area contributed by atoms with Crippen LogP contribution in [0.1, 0.15) is 0 Å². The number of carbonyl (C=O) groups is 1. The van der Waals surface area contributed by atoms with Crippen molar-refractivity contribution in [1.82, 2.24) is 24.8 Å². The molecule has 1 amide bonds. The van der Waals surface area contributed by atoms with Gasteiger partial charge in [0.05, 0.1) is 29.9 Å². The molecule has 10 heteroatoms. The number of methoxy groups -OCH3 is 1. The third-order valence-corrected chi connectivity index (χ3v) is 7.13. The van der Waals surface area contributed by atoms with E-state index in [1.807, 2.05) is 42.6 Å². The molecule has 0 unspecified atom stereocenters. The van der Waals surface area contributed by atoms with E-state index in [0.29, 0.717) is 22.9 Å². The fourth-order valence-corrected chi connectivity index (χ4v) is 4.93. The molecule has 2 aromatic heterocycles. The van der Waals surface area contributed by atoms with Gasteiger partial charge in [-0.2, -0.15) is 0 Å². The van der Waals surface area contributed by atoms with Crippen molar-refractivity contribution < 1.29 is 9.53 Å². The van der Waals surface area contributed by atoms with Gasteiger partial charge in [0.15, 0.2) is 0 Å². The van der Waals surface area contributed by atoms with Crippen molar-refractivity contribution in [3.05, 3.63) is 67.6 Å². The molecule has 3 N–H and O–H groups in total. The molecule has 1 aliphatic heterocycles. The van der Waals surface area contributed by atoms with E-state index in [1.54, 1.807) is 7.11 Å². The predicted molar refractivity (Wildman–Crippen MR) is 162 cm³/mol. The molecule has 0 aliphatic carbocycles. The molecular weight excluding hydrogens is 504 g/mol. The second kappa shape index (κ2) is 12.2. The van der Waals surface area contributed by atoms with E-state index in [2.05, 4.69) is 67.0 Å². The zero-order chi connectivity index (χ0) is 28.1. The van der Waals surface area contributed by atoms with Crippen molar-refractivity contribution >= 4 is 39.7 Å². The Hall–Kier alpha value is -4.41. The molecule has 40 heavy (non-hydrogen) atoms. The Kier molecular flexibility index (Phi) is 8.28. The van der Waals surface area contributed by atoms with Crippen LogP contribution in [0.15, 0.2) is 67.6 Å². The second-order valence-corrected chi connectivity index (χ2v) is 10.1. The first-order chi connectivity index (χ1) is 19.4. The number of nitrogens with zero attached hydrogens (tertiary/aromatic N) is 5. The van der Waals surface area contributed by atoms with Gasteiger partial charge >= 0.3 is 0 Å². The Morgan fingerprint density at radius 3 is 2.67 bits per heavy atom. The van der Waals surface area contributed by atoms with Gasteiger partial charge < -0.3 is 30.2 Å². The zero-order valence-corrected chi connectivity index (χ0v) is 23.3. The maximum atomic E-state index is 12.4. The number of anilines is 4. The van der Waals surface area contributed by atoms with Crippen molar-refractivity contribution in [1.29, 1.82) is 0 Å². The van der Waals surface area contributed by atoms with Gasteiger partial charge in [0.25, 0.3) is 0 Å². The fraction of sp³-hybridized carbons (Fsp3) is 0.300. The number of likely N-dealkylation sites (N-methyl/N-ethyl adjacent to an activating group) is 1.